The average Bonchev–Trinajstić information content (AvgIpc) is 3.03. The average molecular weight is 641 g/mol. The van der Waals surface area contributed by atoms with E-state index in [0.717, 1.165) is 24.3 Å². The first kappa shape index (κ1) is 38.4. The number of aliphatic imine (C=N–C) groups is 2. The number of rotatable bonds is 24. The molecule has 1 rings (SSSR count). The van der Waals surface area contributed by atoms with E-state index in [1.54, 1.807) is 0 Å². The van der Waals surface area contributed by atoms with Crippen molar-refractivity contribution in [2.75, 3.05) is 79.7 Å². The molecule has 0 amide bonds. The smallest absolute Gasteiger partial charge is 0.330 e. The van der Waals surface area contributed by atoms with Gasteiger partial charge in [0.15, 0.2) is 0 Å². The molecule has 45 heavy (non-hydrogen) atoms. The Morgan fingerprint density at radius 1 is 0.711 bits per heavy atom. The molecule has 0 aliphatic carbocycles. The fourth-order valence-corrected chi connectivity index (χ4v) is 2.84. The predicted molar refractivity (Wildman–Crippen MR) is 158 cm³/mol. The molecule has 0 saturated carbocycles. The molecule has 0 spiro atoms. The molecule has 18 nitrogen and oxygen atoms in total. The second-order valence-corrected chi connectivity index (χ2v) is 8.31. The molecule has 0 radical (unpaired) electrons. The number of guanidine groups is 2. The van der Waals surface area contributed by atoms with E-state index < -0.39 is 29.7 Å². The number of carbonyl (C=O) groups is 4. The second kappa shape index (κ2) is 22.9. The molecule has 0 aromatic carbocycles. The predicted octanol–water partition coefficient (Wildman–Crippen LogP) is -1.34. The van der Waals surface area contributed by atoms with Crippen molar-refractivity contribution in [3.63, 3.8) is 0 Å². The van der Waals surface area contributed by atoms with Gasteiger partial charge in [-0.05, 0) is 0 Å². The van der Waals surface area contributed by atoms with E-state index >= 15 is 0 Å². The quantitative estimate of drug-likeness (QED) is 0.0365. The van der Waals surface area contributed by atoms with Crippen LogP contribution in [0.25, 0.3) is 0 Å². The van der Waals surface area contributed by atoms with Crippen LogP contribution < -0.4 is 16.4 Å². The normalized spacial score (nSPS) is 16.2. The highest BCUT2D eigenvalue weighted by atomic mass is 16.6. The third-order valence-corrected chi connectivity index (χ3v) is 4.85. The molecule has 1 aliphatic rings. The molecular formula is C27H40N6O12. The Hall–Kier alpha value is -4.62. The van der Waals surface area contributed by atoms with Crippen molar-refractivity contribution in [2.24, 2.45) is 15.7 Å². The van der Waals surface area contributed by atoms with Crippen LogP contribution in [0.15, 0.2) is 60.6 Å². The number of nitrogens with one attached hydrogen (secondary N) is 2. The lowest BCUT2D eigenvalue weighted by Crippen LogP contribution is -2.68. The Balaban J connectivity index is 3.00. The molecule has 0 aromatic heterocycles. The van der Waals surface area contributed by atoms with Crippen LogP contribution >= 0.6 is 0 Å². The van der Waals surface area contributed by atoms with Crippen LogP contribution in [0, 0.1) is 0 Å². The van der Waals surface area contributed by atoms with Gasteiger partial charge in [-0.2, -0.15) is 0 Å². The standard InChI is InChI=1S/C27H40N6O12/c1-5-21(34)42-13-9-38-17-27(28)31-25(29-18-39-10-14-43-22(35)6-2)30-26(32-27)33(19-40-11-15-44-23(36)7-3)20-41-12-16-45-24(37)8-4/h5-8H,1-4,9-20,28H2,(H2,29,30,31,32). The number of nitrogens with two attached hydrogens (primary N) is 1. The van der Waals surface area contributed by atoms with Crippen LogP contribution in [-0.4, -0.2) is 126 Å². The molecular weight excluding hydrogens is 600 g/mol. The molecule has 1 atom stereocenters. The Morgan fingerprint density at radius 2 is 1.13 bits per heavy atom. The van der Waals surface area contributed by atoms with Crippen LogP contribution in [0.3, 0.4) is 0 Å². The summed E-state index contributed by atoms with van der Waals surface area (Å²) in [6.45, 7) is 12.6. The van der Waals surface area contributed by atoms with Crippen molar-refractivity contribution in [1.82, 2.24) is 15.5 Å². The van der Waals surface area contributed by atoms with Crippen LogP contribution in [0.5, 0.6) is 0 Å². The minimum absolute atomic E-state index is 0.000300. The SMILES string of the molecule is C=CC(=O)OCCOCN=C1NC(N(COCCOC(=O)C=C)COCCOC(=O)C=C)=NC(N)(COCCOC(=O)C=C)N1. The number of carbonyl (C=O) groups excluding carboxylic acids is 4. The summed E-state index contributed by atoms with van der Waals surface area (Å²) in [5, 5.41) is 5.84. The maximum atomic E-state index is 11.3. The van der Waals surface area contributed by atoms with Crippen molar-refractivity contribution in [3.05, 3.63) is 50.6 Å². The highest BCUT2D eigenvalue weighted by Crippen LogP contribution is 2.08. The first-order valence-electron chi connectivity index (χ1n) is 13.4. The lowest BCUT2D eigenvalue weighted by atomic mass is 10.3. The van der Waals surface area contributed by atoms with Gasteiger partial charge in [0.1, 0.15) is 53.2 Å². The zero-order valence-corrected chi connectivity index (χ0v) is 24.9. The number of hydrogen-bond donors (Lipinski definition) is 3. The van der Waals surface area contributed by atoms with Crippen molar-refractivity contribution < 1.29 is 57.1 Å². The first-order chi connectivity index (χ1) is 21.7. The first-order valence-corrected chi connectivity index (χ1v) is 13.4. The molecule has 4 N–H and O–H groups in total. The maximum absolute atomic E-state index is 11.3. The Morgan fingerprint density at radius 3 is 1.58 bits per heavy atom. The van der Waals surface area contributed by atoms with E-state index in [4.69, 9.17) is 43.6 Å². The van der Waals surface area contributed by atoms with Gasteiger partial charge in [0.05, 0.1) is 26.4 Å². The highest BCUT2D eigenvalue weighted by Gasteiger charge is 2.33. The van der Waals surface area contributed by atoms with Crippen molar-refractivity contribution in [1.29, 1.82) is 0 Å². The summed E-state index contributed by atoms with van der Waals surface area (Å²) >= 11 is 0. The molecule has 1 aliphatic heterocycles. The number of nitrogens with zero attached hydrogens (tertiary/aromatic N) is 3. The van der Waals surface area contributed by atoms with Gasteiger partial charge >= 0.3 is 23.9 Å². The lowest BCUT2D eigenvalue weighted by molar-refractivity contribution is -0.141. The van der Waals surface area contributed by atoms with Gasteiger partial charge in [-0.15, -0.1) is 0 Å². The Kier molecular flexibility index (Phi) is 19.5. The number of hydrogen-bond acceptors (Lipinski definition) is 16. The molecule has 0 bridgehead atoms. The van der Waals surface area contributed by atoms with Gasteiger partial charge in [0.25, 0.3) is 0 Å². The van der Waals surface area contributed by atoms with E-state index in [1.807, 2.05) is 0 Å². The third kappa shape index (κ3) is 17.9. The van der Waals surface area contributed by atoms with Gasteiger partial charge in [-0.3, -0.25) is 16.0 Å². The van der Waals surface area contributed by atoms with E-state index in [-0.39, 0.29) is 91.6 Å². The maximum Gasteiger partial charge on any atom is 0.330 e. The zero-order valence-electron chi connectivity index (χ0n) is 24.9. The Labute approximate surface area is 260 Å². The van der Waals surface area contributed by atoms with Crippen LogP contribution in [0.2, 0.25) is 0 Å². The highest BCUT2D eigenvalue weighted by molar-refractivity contribution is 6.00. The monoisotopic (exact) mass is 640 g/mol. The van der Waals surface area contributed by atoms with Gasteiger partial charge in [-0.1, -0.05) is 26.3 Å². The van der Waals surface area contributed by atoms with E-state index in [0.29, 0.717) is 0 Å². The molecule has 0 fully saturated rings. The van der Waals surface area contributed by atoms with Crippen LogP contribution in [-0.2, 0) is 57.1 Å². The molecule has 0 saturated heterocycles. The second-order valence-electron chi connectivity index (χ2n) is 8.31. The van der Waals surface area contributed by atoms with Gasteiger partial charge < -0.3 is 43.2 Å². The summed E-state index contributed by atoms with van der Waals surface area (Å²) < 4.78 is 41.7. The molecule has 0 aromatic rings. The van der Waals surface area contributed by atoms with Gasteiger partial charge in [-0.25, -0.2) is 29.2 Å². The number of ether oxygens (including phenoxy) is 8. The molecule has 250 valence electrons. The van der Waals surface area contributed by atoms with E-state index in [2.05, 4.69) is 46.9 Å². The summed E-state index contributed by atoms with van der Waals surface area (Å²) in [5.74, 6) is -3.74. The summed E-state index contributed by atoms with van der Waals surface area (Å²) in [6, 6.07) is 0. The van der Waals surface area contributed by atoms with Gasteiger partial charge in [0, 0.05) is 24.3 Å². The lowest BCUT2D eigenvalue weighted by Gasteiger charge is -2.37. The molecule has 1 unspecified atom stereocenters. The van der Waals surface area contributed by atoms with E-state index in [9.17, 15) is 19.2 Å². The fraction of sp³-hybridized carbons (Fsp3) is 0.481. The summed E-state index contributed by atoms with van der Waals surface area (Å²) in [4.78, 5) is 55.3. The number of esters is 4. The minimum Gasteiger partial charge on any atom is -0.460 e. The minimum atomic E-state index is -1.58. The van der Waals surface area contributed by atoms with E-state index in [1.165, 1.54) is 4.90 Å². The van der Waals surface area contributed by atoms with Crippen LogP contribution in [0.4, 0.5) is 0 Å². The molecule has 1 heterocycles. The molecule has 18 heteroatoms. The van der Waals surface area contributed by atoms with Crippen molar-refractivity contribution in [2.45, 2.75) is 5.79 Å². The van der Waals surface area contributed by atoms with Crippen LogP contribution in [0.1, 0.15) is 0 Å². The van der Waals surface area contributed by atoms with Crippen molar-refractivity contribution >= 4 is 35.8 Å². The summed E-state index contributed by atoms with van der Waals surface area (Å²) in [6.07, 6.45) is 4.11. The fourth-order valence-electron chi connectivity index (χ4n) is 2.84. The summed E-state index contributed by atoms with van der Waals surface area (Å²) in [5.41, 5.74) is 6.48. The Bertz CT molecular complexity index is 1050. The zero-order chi connectivity index (χ0) is 33.3. The topological polar surface area (TPSA) is 220 Å². The summed E-state index contributed by atoms with van der Waals surface area (Å²) in [7, 11) is 0. The third-order valence-electron chi connectivity index (χ3n) is 4.85. The largest absolute Gasteiger partial charge is 0.460 e. The van der Waals surface area contributed by atoms with Gasteiger partial charge in [0.2, 0.25) is 17.7 Å². The van der Waals surface area contributed by atoms with Crippen molar-refractivity contribution in [3.8, 4) is 0 Å².